The molecule has 0 aromatic heterocycles. The average molecular weight is 533 g/mol. The molecule has 1 saturated carbocycles. The number of aryl methyl sites for hydroxylation is 1. The van der Waals surface area contributed by atoms with Gasteiger partial charge in [0.05, 0.1) is 38.6 Å². The number of benzene rings is 2. The summed E-state index contributed by atoms with van der Waals surface area (Å²) in [6.45, 7) is 6.55. The highest BCUT2D eigenvalue weighted by atomic mass is 35.5. The number of rotatable bonds is 10. The quantitative estimate of drug-likeness (QED) is 0.432. The van der Waals surface area contributed by atoms with Crippen molar-refractivity contribution in [3.8, 4) is 0 Å². The summed E-state index contributed by atoms with van der Waals surface area (Å²) in [7, 11) is 0. The SMILES string of the molecule is Cc1cccc(CO[C@]2(C(=O)NCCN3CCOCC3)CC(OCc3cccc(Cl)c3)[C@H](O)[C@H](O)C2)c1. The van der Waals surface area contributed by atoms with E-state index in [4.69, 9.17) is 25.8 Å². The van der Waals surface area contributed by atoms with Crippen molar-refractivity contribution in [1.82, 2.24) is 10.2 Å². The number of nitrogens with zero attached hydrogens (tertiary/aromatic N) is 1. The molecule has 1 saturated heterocycles. The molecule has 202 valence electrons. The van der Waals surface area contributed by atoms with Gasteiger partial charge in [0.1, 0.15) is 6.10 Å². The molecule has 1 unspecified atom stereocenters. The highest BCUT2D eigenvalue weighted by molar-refractivity contribution is 6.30. The van der Waals surface area contributed by atoms with Gasteiger partial charge in [-0.25, -0.2) is 0 Å². The highest BCUT2D eigenvalue weighted by Gasteiger charge is 2.51. The first-order chi connectivity index (χ1) is 17.8. The van der Waals surface area contributed by atoms with E-state index in [9.17, 15) is 15.0 Å². The van der Waals surface area contributed by atoms with Crippen LogP contribution in [-0.2, 0) is 32.2 Å². The summed E-state index contributed by atoms with van der Waals surface area (Å²) in [4.78, 5) is 15.9. The molecule has 37 heavy (non-hydrogen) atoms. The van der Waals surface area contributed by atoms with E-state index in [2.05, 4.69) is 10.2 Å². The molecule has 2 aliphatic rings. The largest absolute Gasteiger partial charge is 0.390 e. The maximum absolute atomic E-state index is 13.6. The van der Waals surface area contributed by atoms with E-state index >= 15 is 0 Å². The molecule has 4 rings (SSSR count). The zero-order valence-electron chi connectivity index (χ0n) is 21.3. The van der Waals surface area contributed by atoms with Crippen LogP contribution in [0.5, 0.6) is 0 Å². The predicted octanol–water partition coefficient (Wildman–Crippen LogP) is 2.45. The van der Waals surface area contributed by atoms with Gasteiger partial charge < -0.3 is 29.7 Å². The fraction of sp³-hybridized carbons (Fsp3) is 0.536. The Bertz CT molecular complexity index is 1030. The van der Waals surface area contributed by atoms with Crippen LogP contribution in [0, 0.1) is 6.92 Å². The van der Waals surface area contributed by atoms with Crippen LogP contribution in [0.25, 0.3) is 0 Å². The van der Waals surface area contributed by atoms with E-state index in [1.54, 1.807) is 12.1 Å². The predicted molar refractivity (Wildman–Crippen MR) is 140 cm³/mol. The van der Waals surface area contributed by atoms with Crippen LogP contribution in [0.2, 0.25) is 5.02 Å². The number of hydrogen-bond donors (Lipinski definition) is 3. The number of ether oxygens (including phenoxy) is 3. The van der Waals surface area contributed by atoms with Gasteiger partial charge in [-0.2, -0.15) is 0 Å². The van der Waals surface area contributed by atoms with Gasteiger partial charge in [0.2, 0.25) is 0 Å². The number of morpholine rings is 1. The number of halogens is 1. The molecule has 1 heterocycles. The number of hydrogen-bond acceptors (Lipinski definition) is 7. The van der Waals surface area contributed by atoms with Gasteiger partial charge in [-0.05, 0) is 30.2 Å². The van der Waals surface area contributed by atoms with Gasteiger partial charge in [-0.3, -0.25) is 9.69 Å². The van der Waals surface area contributed by atoms with Gasteiger partial charge >= 0.3 is 0 Å². The first-order valence-corrected chi connectivity index (χ1v) is 13.2. The third kappa shape index (κ3) is 7.74. The summed E-state index contributed by atoms with van der Waals surface area (Å²) in [5, 5.41) is 25.2. The molecule has 1 amide bonds. The van der Waals surface area contributed by atoms with Crippen molar-refractivity contribution in [2.45, 2.75) is 56.9 Å². The van der Waals surface area contributed by atoms with Crippen molar-refractivity contribution in [1.29, 1.82) is 0 Å². The van der Waals surface area contributed by atoms with E-state index in [0.717, 1.165) is 29.8 Å². The topological polar surface area (TPSA) is 100 Å². The molecule has 2 aromatic carbocycles. The second kappa shape index (κ2) is 13.2. The number of aliphatic hydroxyl groups is 2. The van der Waals surface area contributed by atoms with Crippen molar-refractivity contribution < 1.29 is 29.2 Å². The summed E-state index contributed by atoms with van der Waals surface area (Å²) in [5.74, 6) is -0.310. The van der Waals surface area contributed by atoms with Crippen LogP contribution >= 0.6 is 11.6 Å². The fourth-order valence-electron chi connectivity index (χ4n) is 4.93. The second-order valence-electron chi connectivity index (χ2n) is 9.93. The normalized spacial score (nSPS) is 26.6. The Morgan fingerprint density at radius 1 is 1.11 bits per heavy atom. The van der Waals surface area contributed by atoms with E-state index in [1.165, 1.54) is 0 Å². The van der Waals surface area contributed by atoms with Gasteiger partial charge in [0, 0.05) is 44.0 Å². The second-order valence-corrected chi connectivity index (χ2v) is 10.4. The molecular weight excluding hydrogens is 496 g/mol. The Morgan fingerprint density at radius 3 is 2.57 bits per heavy atom. The molecule has 1 aliphatic heterocycles. The monoisotopic (exact) mass is 532 g/mol. The Balaban J connectivity index is 1.47. The molecule has 8 nitrogen and oxygen atoms in total. The van der Waals surface area contributed by atoms with Crippen LogP contribution in [-0.4, -0.2) is 84.3 Å². The van der Waals surface area contributed by atoms with Crippen molar-refractivity contribution in [2.24, 2.45) is 0 Å². The summed E-state index contributed by atoms with van der Waals surface area (Å²) in [6, 6.07) is 15.1. The van der Waals surface area contributed by atoms with Crippen molar-refractivity contribution in [3.05, 3.63) is 70.2 Å². The maximum Gasteiger partial charge on any atom is 0.252 e. The third-order valence-corrected chi connectivity index (χ3v) is 7.26. The number of nitrogens with one attached hydrogen (secondary N) is 1. The number of carbonyl (C=O) groups excluding carboxylic acids is 1. The molecule has 0 spiro atoms. The zero-order chi connectivity index (χ0) is 26.3. The highest BCUT2D eigenvalue weighted by Crippen LogP contribution is 2.36. The zero-order valence-corrected chi connectivity index (χ0v) is 22.0. The number of carbonyl (C=O) groups is 1. The fourth-order valence-corrected chi connectivity index (χ4v) is 5.14. The Labute approximate surface area is 223 Å². The Morgan fingerprint density at radius 2 is 1.84 bits per heavy atom. The van der Waals surface area contributed by atoms with E-state index in [-0.39, 0.29) is 32.0 Å². The molecule has 4 atom stereocenters. The smallest absolute Gasteiger partial charge is 0.252 e. The summed E-state index contributed by atoms with van der Waals surface area (Å²) in [5.41, 5.74) is 1.50. The average Bonchev–Trinajstić information content (AvgIpc) is 2.89. The number of aliphatic hydroxyl groups excluding tert-OH is 2. The molecule has 0 bridgehead atoms. The standard InChI is InChI=1S/C28H37ClN2O6/c1-20-4-2-5-21(14-20)19-37-28(27(34)30-8-9-31-10-12-35-13-11-31)16-24(32)26(33)25(17-28)36-18-22-6-3-7-23(29)15-22/h2-7,14-15,24-26,32-33H,8-13,16-19H2,1H3,(H,30,34)/t24-,25?,26-,28+/m1/s1. The van der Waals surface area contributed by atoms with Gasteiger partial charge in [0.25, 0.3) is 5.91 Å². The van der Waals surface area contributed by atoms with Crippen molar-refractivity contribution in [2.75, 3.05) is 39.4 Å². The van der Waals surface area contributed by atoms with E-state index in [1.807, 2.05) is 43.3 Å². The lowest BCUT2D eigenvalue weighted by Gasteiger charge is -2.44. The van der Waals surface area contributed by atoms with Gasteiger partial charge in [0.15, 0.2) is 5.60 Å². The summed E-state index contributed by atoms with van der Waals surface area (Å²) < 4.78 is 17.7. The van der Waals surface area contributed by atoms with Gasteiger partial charge in [-0.1, -0.05) is 53.6 Å². The van der Waals surface area contributed by atoms with Crippen LogP contribution < -0.4 is 5.32 Å². The first-order valence-electron chi connectivity index (χ1n) is 12.8. The Hall–Kier alpha value is -2.04. The lowest BCUT2D eigenvalue weighted by molar-refractivity contribution is -0.200. The number of amides is 1. The molecule has 2 aromatic rings. The van der Waals surface area contributed by atoms with Crippen LogP contribution in [0.3, 0.4) is 0 Å². The van der Waals surface area contributed by atoms with E-state index in [0.29, 0.717) is 31.3 Å². The minimum Gasteiger partial charge on any atom is -0.390 e. The summed E-state index contributed by atoms with van der Waals surface area (Å²) in [6.07, 6.45) is -3.04. The van der Waals surface area contributed by atoms with Crippen LogP contribution in [0.15, 0.2) is 48.5 Å². The van der Waals surface area contributed by atoms with Crippen molar-refractivity contribution in [3.63, 3.8) is 0 Å². The third-order valence-electron chi connectivity index (χ3n) is 7.03. The molecule has 0 radical (unpaired) electrons. The minimum absolute atomic E-state index is 0.0274. The Kier molecular flexibility index (Phi) is 9.95. The summed E-state index contributed by atoms with van der Waals surface area (Å²) >= 11 is 6.09. The lowest BCUT2D eigenvalue weighted by Crippen LogP contribution is -2.61. The first kappa shape index (κ1) is 28.0. The van der Waals surface area contributed by atoms with Crippen molar-refractivity contribution >= 4 is 17.5 Å². The van der Waals surface area contributed by atoms with Crippen LogP contribution in [0.1, 0.15) is 29.5 Å². The molecule has 1 aliphatic carbocycles. The lowest BCUT2D eigenvalue weighted by atomic mass is 9.78. The molecule has 2 fully saturated rings. The van der Waals surface area contributed by atoms with E-state index < -0.39 is 23.9 Å². The molecular formula is C28H37ClN2O6. The molecule has 3 N–H and O–H groups in total. The minimum atomic E-state index is -1.35. The molecule has 9 heteroatoms. The van der Waals surface area contributed by atoms with Gasteiger partial charge in [-0.15, -0.1) is 0 Å². The maximum atomic E-state index is 13.6. The van der Waals surface area contributed by atoms with Crippen LogP contribution in [0.4, 0.5) is 0 Å².